The van der Waals surface area contributed by atoms with E-state index in [0.717, 1.165) is 38.6 Å². The lowest BCUT2D eigenvalue weighted by Crippen LogP contribution is -2.26. The van der Waals surface area contributed by atoms with Crippen molar-refractivity contribution in [2.75, 3.05) is 11.9 Å². The zero-order valence-corrected chi connectivity index (χ0v) is 15.1. The highest BCUT2D eigenvalue weighted by atomic mass is 32.1. The number of benzene rings is 2. The van der Waals surface area contributed by atoms with E-state index in [-0.39, 0.29) is 18.2 Å². The minimum atomic E-state index is -0.798. The number of nitrogens with zero attached hydrogens (tertiary/aromatic N) is 1. The molecule has 1 aromatic heterocycles. The van der Waals surface area contributed by atoms with E-state index in [1.807, 2.05) is 6.07 Å². The minimum absolute atomic E-state index is 0.00647. The molecule has 0 aliphatic carbocycles. The molecule has 2 heterocycles. The van der Waals surface area contributed by atoms with Gasteiger partial charge in [0, 0.05) is 29.1 Å². The molecule has 7 heteroatoms. The van der Waals surface area contributed by atoms with Gasteiger partial charge in [0.2, 0.25) is 0 Å². The quantitative estimate of drug-likeness (QED) is 0.727. The Labute approximate surface area is 158 Å². The molecule has 0 unspecified atom stereocenters. The van der Waals surface area contributed by atoms with Crippen LogP contribution in [0.3, 0.4) is 0 Å². The largest absolute Gasteiger partial charge is 0.488 e. The van der Waals surface area contributed by atoms with Crippen LogP contribution in [0.25, 0.3) is 10.4 Å². The van der Waals surface area contributed by atoms with Crippen LogP contribution in [0.4, 0.5) is 14.5 Å². The van der Waals surface area contributed by atoms with Crippen LogP contribution in [-0.4, -0.2) is 18.1 Å². The Bertz CT molecular complexity index is 1050. The highest BCUT2D eigenvalue weighted by molar-refractivity contribution is 7.17. The van der Waals surface area contributed by atoms with E-state index in [9.17, 15) is 18.7 Å². The number of halogens is 2. The molecule has 0 radical (unpaired) electrons. The number of anilines is 1. The van der Waals surface area contributed by atoms with Gasteiger partial charge >= 0.3 is 0 Å². The van der Waals surface area contributed by atoms with Gasteiger partial charge < -0.3 is 14.7 Å². The van der Waals surface area contributed by atoms with Gasteiger partial charge in [-0.25, -0.2) is 8.78 Å². The molecule has 0 bridgehead atoms. The first kappa shape index (κ1) is 17.6. The van der Waals surface area contributed by atoms with Crippen molar-refractivity contribution in [2.24, 2.45) is 0 Å². The molecule has 4 rings (SSSR count). The molecule has 0 saturated heterocycles. The smallest absolute Gasteiger partial charge is 0.268 e. The summed E-state index contributed by atoms with van der Waals surface area (Å²) in [5, 5.41) is 9.36. The second-order valence-electron chi connectivity index (χ2n) is 6.20. The highest BCUT2D eigenvalue weighted by Gasteiger charge is 2.25. The molecule has 4 nitrogen and oxygen atoms in total. The van der Waals surface area contributed by atoms with Crippen LogP contribution in [0.5, 0.6) is 5.75 Å². The Morgan fingerprint density at radius 3 is 2.78 bits per heavy atom. The van der Waals surface area contributed by atoms with Crippen molar-refractivity contribution in [3.8, 4) is 16.2 Å². The topological polar surface area (TPSA) is 49.8 Å². The molecule has 1 N–H and O–H groups in total. The van der Waals surface area contributed by atoms with Gasteiger partial charge in [0.05, 0.1) is 17.2 Å². The summed E-state index contributed by atoms with van der Waals surface area (Å²) < 4.78 is 32.8. The van der Waals surface area contributed by atoms with Crippen molar-refractivity contribution in [1.29, 1.82) is 0 Å². The number of aliphatic hydroxyl groups excluding tert-OH is 1. The van der Waals surface area contributed by atoms with Gasteiger partial charge in [0.25, 0.3) is 5.91 Å². The lowest BCUT2D eigenvalue weighted by atomic mass is 10.0. The molecule has 27 heavy (non-hydrogen) atoms. The van der Waals surface area contributed by atoms with E-state index in [1.165, 1.54) is 24.5 Å². The third kappa shape index (κ3) is 3.09. The Morgan fingerprint density at radius 1 is 1.22 bits per heavy atom. The van der Waals surface area contributed by atoms with Crippen LogP contribution < -0.4 is 9.64 Å². The molecule has 1 amide bonds. The normalized spacial score (nSPS) is 12.1. The maximum atomic E-state index is 14.0. The first-order chi connectivity index (χ1) is 13.0. The molecule has 0 spiro atoms. The van der Waals surface area contributed by atoms with Gasteiger partial charge in [-0.15, -0.1) is 11.3 Å². The van der Waals surface area contributed by atoms with Gasteiger partial charge in [-0.3, -0.25) is 4.79 Å². The zero-order chi connectivity index (χ0) is 19.1. The highest BCUT2D eigenvalue weighted by Crippen LogP contribution is 2.43. The molecular formula is C20H15F2NO3S. The number of carbonyl (C=O) groups is 1. The van der Waals surface area contributed by atoms with Gasteiger partial charge in [0.1, 0.15) is 24.0 Å². The van der Waals surface area contributed by atoms with Crippen LogP contribution in [0, 0.1) is 11.6 Å². The molecule has 0 fully saturated rings. The van der Waals surface area contributed by atoms with E-state index in [4.69, 9.17) is 4.74 Å². The number of rotatable bonds is 3. The fourth-order valence-corrected chi connectivity index (χ4v) is 4.20. The average Bonchev–Trinajstić information content (AvgIpc) is 3.11. The van der Waals surface area contributed by atoms with Crippen molar-refractivity contribution in [1.82, 2.24) is 0 Å². The first-order valence-corrected chi connectivity index (χ1v) is 9.02. The average molecular weight is 387 g/mol. The summed E-state index contributed by atoms with van der Waals surface area (Å²) in [4.78, 5) is 15.3. The maximum Gasteiger partial charge on any atom is 0.268 e. The molecule has 2 aromatic carbocycles. The van der Waals surface area contributed by atoms with E-state index in [0.29, 0.717) is 17.2 Å². The lowest BCUT2D eigenvalue weighted by Gasteiger charge is -2.18. The van der Waals surface area contributed by atoms with E-state index < -0.39 is 11.6 Å². The Hall–Kier alpha value is -2.77. The molecule has 0 saturated carbocycles. The van der Waals surface area contributed by atoms with Crippen LogP contribution in [-0.2, 0) is 13.2 Å². The summed E-state index contributed by atoms with van der Waals surface area (Å²) in [6.45, 7) is 0.242. The standard InChI is InChI=1S/C20H15F2NO3S/c1-23(16-4-3-13(21)8-15(16)22)20(25)18-7-12-10-26-17-5-2-11(9-24)6-14(17)19(12)27-18/h2-8,24H,9-10H2,1H3. The summed E-state index contributed by atoms with van der Waals surface area (Å²) >= 11 is 1.29. The van der Waals surface area contributed by atoms with Crippen molar-refractivity contribution in [2.45, 2.75) is 13.2 Å². The van der Waals surface area contributed by atoms with Crippen LogP contribution >= 0.6 is 11.3 Å². The van der Waals surface area contributed by atoms with Crippen LogP contribution in [0.1, 0.15) is 20.8 Å². The third-order valence-electron chi connectivity index (χ3n) is 4.45. The predicted octanol–water partition coefficient (Wildman–Crippen LogP) is 4.35. The van der Waals surface area contributed by atoms with E-state index >= 15 is 0 Å². The summed E-state index contributed by atoms with van der Waals surface area (Å²) in [5.41, 5.74) is 2.44. The predicted molar refractivity (Wildman–Crippen MR) is 99.1 cm³/mol. The molecule has 1 aliphatic heterocycles. The number of hydrogen-bond acceptors (Lipinski definition) is 4. The number of ether oxygens (including phenoxy) is 1. The number of amides is 1. The van der Waals surface area contributed by atoms with Crippen LogP contribution in [0.2, 0.25) is 0 Å². The number of fused-ring (bicyclic) bond motifs is 3. The second kappa shape index (κ2) is 6.75. The summed E-state index contributed by atoms with van der Waals surface area (Å²) in [6, 6.07) is 10.2. The van der Waals surface area contributed by atoms with Crippen LogP contribution in [0.15, 0.2) is 42.5 Å². The second-order valence-corrected chi connectivity index (χ2v) is 7.25. The van der Waals surface area contributed by atoms with Gasteiger partial charge in [-0.1, -0.05) is 6.07 Å². The van der Waals surface area contributed by atoms with Crippen molar-refractivity contribution in [3.05, 3.63) is 70.1 Å². The molecule has 1 aliphatic rings. The summed E-state index contributed by atoms with van der Waals surface area (Å²) in [7, 11) is 1.45. The third-order valence-corrected chi connectivity index (χ3v) is 5.65. The molecule has 0 atom stereocenters. The van der Waals surface area contributed by atoms with E-state index in [1.54, 1.807) is 18.2 Å². The monoisotopic (exact) mass is 387 g/mol. The zero-order valence-electron chi connectivity index (χ0n) is 14.3. The Kier molecular flexibility index (Phi) is 4.41. The Balaban J connectivity index is 1.70. The maximum absolute atomic E-state index is 14.0. The number of aliphatic hydroxyl groups is 1. The Morgan fingerprint density at radius 2 is 2.04 bits per heavy atom. The number of hydrogen-bond donors (Lipinski definition) is 1. The fraction of sp³-hybridized carbons (Fsp3) is 0.150. The lowest BCUT2D eigenvalue weighted by molar-refractivity contribution is 0.0996. The minimum Gasteiger partial charge on any atom is -0.488 e. The van der Waals surface area contributed by atoms with Crippen molar-refractivity contribution >= 4 is 22.9 Å². The molecule has 3 aromatic rings. The summed E-state index contributed by atoms with van der Waals surface area (Å²) in [6.07, 6.45) is 0. The van der Waals surface area contributed by atoms with Gasteiger partial charge in [-0.05, 0) is 35.9 Å². The summed E-state index contributed by atoms with van der Waals surface area (Å²) in [5.74, 6) is -1.19. The van der Waals surface area contributed by atoms with Crippen molar-refractivity contribution in [3.63, 3.8) is 0 Å². The molecular weight excluding hydrogens is 372 g/mol. The molecule has 138 valence electrons. The SMILES string of the molecule is CN(C(=O)c1cc2c(s1)-c1cc(CO)ccc1OC2)c1ccc(F)cc1F. The number of carbonyl (C=O) groups excluding carboxylic acids is 1. The van der Waals surface area contributed by atoms with Crippen molar-refractivity contribution < 1.29 is 23.4 Å². The fourth-order valence-electron chi connectivity index (χ4n) is 3.03. The first-order valence-electron chi connectivity index (χ1n) is 8.20. The van der Waals surface area contributed by atoms with Gasteiger partial charge in [0.15, 0.2) is 0 Å². The van der Waals surface area contributed by atoms with E-state index in [2.05, 4.69) is 0 Å². The number of thiophene rings is 1. The van der Waals surface area contributed by atoms with Gasteiger partial charge in [-0.2, -0.15) is 0 Å².